The number of carboxylic acid groups (broad SMARTS) is 1. The van der Waals surface area contributed by atoms with Crippen molar-refractivity contribution in [1.82, 2.24) is 0 Å². The Balaban J connectivity index is 2.95. The molecule has 1 amide bonds. The molecule has 0 aliphatic heterocycles. The topological polar surface area (TPSA) is 49.3 Å². The molecule has 0 heterocycles. The summed E-state index contributed by atoms with van der Waals surface area (Å²) in [5.74, 6) is 0.381. The van der Waals surface area contributed by atoms with E-state index in [9.17, 15) is 4.79 Å². The summed E-state index contributed by atoms with van der Waals surface area (Å²) in [6.07, 6.45) is -1.11. The van der Waals surface area contributed by atoms with Crippen LogP contribution in [0.25, 0.3) is 0 Å². The number of amides is 1. The van der Waals surface area contributed by atoms with Crippen molar-refractivity contribution in [3.8, 4) is 0 Å². The van der Waals surface area contributed by atoms with E-state index in [0.717, 1.165) is 5.56 Å². The molecule has 0 aliphatic carbocycles. The predicted octanol–water partition coefficient (Wildman–Crippen LogP) is 3.55. The van der Waals surface area contributed by atoms with Crippen LogP contribution in [0.1, 0.15) is 25.3 Å². The first kappa shape index (κ1) is 10.9. The van der Waals surface area contributed by atoms with Crippen LogP contribution in [0.4, 0.5) is 10.5 Å². The van der Waals surface area contributed by atoms with Gasteiger partial charge in [0.15, 0.2) is 0 Å². The number of halogens is 1. The fraction of sp³-hybridized carbons (Fsp3) is 0.300. The number of hydrogen-bond acceptors (Lipinski definition) is 1. The predicted molar refractivity (Wildman–Crippen MR) is 57.2 cm³/mol. The summed E-state index contributed by atoms with van der Waals surface area (Å²) in [6, 6.07) is 5.31. The highest BCUT2D eigenvalue weighted by Crippen LogP contribution is 2.26. The van der Waals surface area contributed by atoms with Crippen LogP contribution in [-0.2, 0) is 0 Å². The lowest BCUT2D eigenvalue weighted by Gasteiger charge is -2.08. The maximum atomic E-state index is 10.4. The third-order valence-electron chi connectivity index (χ3n) is 1.90. The molecular weight excluding hydrogens is 202 g/mol. The van der Waals surface area contributed by atoms with Gasteiger partial charge in [0.25, 0.3) is 0 Å². The molecule has 0 fully saturated rings. The van der Waals surface area contributed by atoms with Gasteiger partial charge in [-0.1, -0.05) is 31.5 Å². The van der Waals surface area contributed by atoms with Crippen LogP contribution in [0.3, 0.4) is 0 Å². The van der Waals surface area contributed by atoms with Crippen LogP contribution < -0.4 is 5.32 Å². The van der Waals surface area contributed by atoms with E-state index in [4.69, 9.17) is 16.7 Å². The van der Waals surface area contributed by atoms with Crippen LogP contribution in [0.5, 0.6) is 0 Å². The standard InChI is InChI=1S/C10H12ClNO2/c1-6(2)7-3-4-9(8(11)5-7)12-10(13)14/h3-6,12H,1-2H3,(H,13,14). The van der Waals surface area contributed by atoms with Gasteiger partial charge in [-0.05, 0) is 23.6 Å². The smallest absolute Gasteiger partial charge is 0.409 e. The number of hydrogen-bond donors (Lipinski definition) is 2. The van der Waals surface area contributed by atoms with Crippen molar-refractivity contribution in [1.29, 1.82) is 0 Å². The second-order valence-corrected chi connectivity index (χ2v) is 3.73. The molecule has 0 atom stereocenters. The van der Waals surface area contributed by atoms with Crippen molar-refractivity contribution < 1.29 is 9.90 Å². The van der Waals surface area contributed by atoms with E-state index in [1.165, 1.54) is 0 Å². The van der Waals surface area contributed by atoms with Crippen LogP contribution in [0.2, 0.25) is 5.02 Å². The highest BCUT2D eigenvalue weighted by atomic mass is 35.5. The summed E-state index contributed by atoms with van der Waals surface area (Å²) in [7, 11) is 0. The first-order valence-electron chi connectivity index (χ1n) is 4.30. The number of benzene rings is 1. The molecule has 4 heteroatoms. The Morgan fingerprint density at radius 3 is 2.57 bits per heavy atom. The van der Waals surface area contributed by atoms with Gasteiger partial charge in [0.1, 0.15) is 0 Å². The fourth-order valence-electron chi connectivity index (χ4n) is 1.11. The monoisotopic (exact) mass is 213 g/mol. The number of nitrogens with one attached hydrogen (secondary N) is 1. The molecule has 1 aromatic rings. The van der Waals surface area contributed by atoms with Gasteiger partial charge in [-0.3, -0.25) is 5.32 Å². The van der Waals surface area contributed by atoms with Crippen molar-refractivity contribution in [3.05, 3.63) is 28.8 Å². The Bertz CT molecular complexity index is 350. The summed E-state index contributed by atoms with van der Waals surface area (Å²) >= 11 is 5.89. The minimum Gasteiger partial charge on any atom is -0.465 e. The summed E-state index contributed by atoms with van der Waals surface area (Å²) < 4.78 is 0. The van der Waals surface area contributed by atoms with Crippen LogP contribution >= 0.6 is 11.6 Å². The minimum atomic E-state index is -1.11. The average Bonchev–Trinajstić information content (AvgIpc) is 2.07. The van der Waals surface area contributed by atoms with E-state index >= 15 is 0 Å². The Morgan fingerprint density at radius 2 is 2.14 bits per heavy atom. The zero-order valence-corrected chi connectivity index (χ0v) is 8.80. The van der Waals surface area contributed by atoms with Gasteiger partial charge in [-0.15, -0.1) is 0 Å². The Morgan fingerprint density at radius 1 is 1.50 bits per heavy atom. The first-order chi connectivity index (χ1) is 6.50. The van der Waals surface area contributed by atoms with Crippen molar-refractivity contribution in [3.63, 3.8) is 0 Å². The summed E-state index contributed by atoms with van der Waals surface area (Å²) in [5.41, 5.74) is 1.51. The fourth-order valence-corrected chi connectivity index (χ4v) is 1.34. The third kappa shape index (κ3) is 2.64. The number of rotatable bonds is 2. The lowest BCUT2D eigenvalue weighted by Crippen LogP contribution is -2.07. The molecule has 0 bridgehead atoms. The molecule has 1 aromatic carbocycles. The third-order valence-corrected chi connectivity index (χ3v) is 2.21. The molecule has 2 N–H and O–H groups in total. The zero-order valence-electron chi connectivity index (χ0n) is 8.04. The number of carbonyl (C=O) groups is 1. The van der Waals surface area contributed by atoms with E-state index in [2.05, 4.69) is 19.2 Å². The molecule has 0 unspecified atom stereocenters. The maximum Gasteiger partial charge on any atom is 0.409 e. The maximum absolute atomic E-state index is 10.4. The highest BCUT2D eigenvalue weighted by molar-refractivity contribution is 6.33. The Labute approximate surface area is 87.7 Å². The van der Waals surface area contributed by atoms with Crippen molar-refractivity contribution >= 4 is 23.4 Å². The quantitative estimate of drug-likeness (QED) is 0.789. The van der Waals surface area contributed by atoms with Crippen LogP contribution in [0.15, 0.2) is 18.2 Å². The largest absolute Gasteiger partial charge is 0.465 e. The van der Waals surface area contributed by atoms with Gasteiger partial charge >= 0.3 is 6.09 Å². The van der Waals surface area contributed by atoms with Crippen molar-refractivity contribution in [2.75, 3.05) is 5.32 Å². The lowest BCUT2D eigenvalue weighted by molar-refractivity contribution is 0.210. The lowest BCUT2D eigenvalue weighted by atomic mass is 10.0. The molecular formula is C10H12ClNO2. The van der Waals surface area contributed by atoms with Gasteiger partial charge in [-0.25, -0.2) is 4.79 Å². The summed E-state index contributed by atoms with van der Waals surface area (Å²) in [5, 5.41) is 11.2. The second kappa shape index (κ2) is 4.33. The van der Waals surface area contributed by atoms with Crippen molar-refractivity contribution in [2.24, 2.45) is 0 Å². The molecule has 76 valence electrons. The SMILES string of the molecule is CC(C)c1ccc(NC(=O)O)c(Cl)c1. The molecule has 0 aromatic heterocycles. The molecule has 0 radical (unpaired) electrons. The summed E-state index contributed by atoms with van der Waals surface area (Å²) in [6.45, 7) is 4.10. The molecule has 14 heavy (non-hydrogen) atoms. The average molecular weight is 214 g/mol. The first-order valence-corrected chi connectivity index (χ1v) is 4.68. The van der Waals surface area contributed by atoms with Gasteiger partial charge in [-0.2, -0.15) is 0 Å². The molecule has 0 saturated heterocycles. The normalized spacial score (nSPS) is 10.3. The van der Waals surface area contributed by atoms with Gasteiger partial charge in [0, 0.05) is 0 Å². The highest BCUT2D eigenvalue weighted by Gasteiger charge is 2.06. The van der Waals surface area contributed by atoms with Crippen LogP contribution in [0, 0.1) is 0 Å². The van der Waals surface area contributed by atoms with E-state index in [1.807, 2.05) is 6.07 Å². The van der Waals surface area contributed by atoms with E-state index in [1.54, 1.807) is 12.1 Å². The van der Waals surface area contributed by atoms with E-state index in [0.29, 0.717) is 16.6 Å². The summed E-state index contributed by atoms with van der Waals surface area (Å²) in [4.78, 5) is 10.4. The molecule has 0 spiro atoms. The van der Waals surface area contributed by atoms with Crippen LogP contribution in [-0.4, -0.2) is 11.2 Å². The van der Waals surface area contributed by atoms with Gasteiger partial charge in [0.05, 0.1) is 10.7 Å². The second-order valence-electron chi connectivity index (χ2n) is 3.32. The minimum absolute atomic E-state index is 0.381. The molecule has 0 saturated carbocycles. The van der Waals surface area contributed by atoms with E-state index < -0.39 is 6.09 Å². The molecule has 0 aliphatic rings. The van der Waals surface area contributed by atoms with E-state index in [-0.39, 0.29) is 0 Å². The molecule has 3 nitrogen and oxygen atoms in total. The zero-order chi connectivity index (χ0) is 10.7. The van der Waals surface area contributed by atoms with Gasteiger partial charge < -0.3 is 5.11 Å². The number of anilines is 1. The Kier molecular flexibility index (Phi) is 3.36. The Hall–Kier alpha value is -1.22. The van der Waals surface area contributed by atoms with Crippen molar-refractivity contribution in [2.45, 2.75) is 19.8 Å². The van der Waals surface area contributed by atoms with Gasteiger partial charge in [0.2, 0.25) is 0 Å². The molecule has 1 rings (SSSR count).